The van der Waals surface area contributed by atoms with Gasteiger partial charge in [-0.3, -0.25) is 9.59 Å². The van der Waals surface area contributed by atoms with Crippen LogP contribution in [-0.2, 0) is 24.3 Å². The number of hydrogen-bond donors (Lipinski definition) is 1. The molecule has 4 aromatic rings. The van der Waals surface area contributed by atoms with Crippen molar-refractivity contribution in [2.75, 3.05) is 4.90 Å². The maximum atomic E-state index is 13.4. The number of nitrogens with one attached hydrogen (secondary N) is 1. The lowest BCUT2D eigenvalue weighted by Gasteiger charge is -2.24. The Morgan fingerprint density at radius 2 is 1.35 bits per heavy atom. The molecule has 1 N–H and O–H groups in total. The number of hydrogen-bond acceptors (Lipinski definition) is 2. The number of halogens is 1. The van der Waals surface area contributed by atoms with Gasteiger partial charge in [0.05, 0.1) is 13.0 Å². The highest BCUT2D eigenvalue weighted by molar-refractivity contribution is 6.06. The number of carbonyl (C=O) groups is 2. The van der Waals surface area contributed by atoms with E-state index in [1.807, 2.05) is 72.8 Å². The van der Waals surface area contributed by atoms with Crippen LogP contribution in [0.1, 0.15) is 27.0 Å². The van der Waals surface area contributed by atoms with Gasteiger partial charge in [-0.15, -0.1) is 0 Å². The Balaban J connectivity index is 1.53. The van der Waals surface area contributed by atoms with Crippen molar-refractivity contribution in [3.05, 3.63) is 137 Å². The summed E-state index contributed by atoms with van der Waals surface area (Å²) in [6.45, 7) is 0.736. The Morgan fingerprint density at radius 1 is 0.706 bits per heavy atom. The molecule has 34 heavy (non-hydrogen) atoms. The Bertz CT molecular complexity index is 1240. The third-order valence-corrected chi connectivity index (χ3v) is 5.44. The van der Waals surface area contributed by atoms with Crippen LogP contribution >= 0.6 is 0 Å². The van der Waals surface area contributed by atoms with Gasteiger partial charge < -0.3 is 10.2 Å². The van der Waals surface area contributed by atoms with Crippen LogP contribution in [0.15, 0.2) is 109 Å². The largest absolute Gasteiger partial charge is 0.352 e. The van der Waals surface area contributed by atoms with Gasteiger partial charge in [0.1, 0.15) is 5.82 Å². The molecule has 5 heteroatoms. The van der Waals surface area contributed by atoms with Crippen molar-refractivity contribution in [3.63, 3.8) is 0 Å². The first-order chi connectivity index (χ1) is 16.6. The number of anilines is 1. The summed E-state index contributed by atoms with van der Waals surface area (Å²) in [5.41, 5.74) is 3.86. The molecule has 0 atom stereocenters. The molecule has 0 aliphatic carbocycles. The molecule has 0 spiro atoms. The van der Waals surface area contributed by atoms with Gasteiger partial charge in [0, 0.05) is 17.8 Å². The van der Waals surface area contributed by atoms with E-state index >= 15 is 0 Å². The number of carbonyl (C=O) groups excluding carboxylic acids is 2. The normalized spacial score (nSPS) is 10.5. The summed E-state index contributed by atoms with van der Waals surface area (Å²) in [5.74, 6) is -0.593. The summed E-state index contributed by atoms with van der Waals surface area (Å²) in [6, 6.07) is 32.3. The highest BCUT2D eigenvalue weighted by Crippen LogP contribution is 2.22. The zero-order valence-corrected chi connectivity index (χ0v) is 18.7. The minimum atomic E-state index is -0.326. The van der Waals surface area contributed by atoms with Gasteiger partial charge in [0.25, 0.3) is 5.91 Å². The Hall–Kier alpha value is -4.25. The number of benzene rings is 4. The van der Waals surface area contributed by atoms with E-state index in [4.69, 9.17) is 0 Å². The monoisotopic (exact) mass is 452 g/mol. The predicted molar refractivity (Wildman–Crippen MR) is 132 cm³/mol. The smallest absolute Gasteiger partial charge is 0.258 e. The van der Waals surface area contributed by atoms with Gasteiger partial charge in [0.15, 0.2) is 0 Å². The van der Waals surface area contributed by atoms with Gasteiger partial charge in [-0.1, -0.05) is 72.8 Å². The number of amides is 2. The highest BCUT2D eigenvalue weighted by Gasteiger charge is 2.19. The van der Waals surface area contributed by atoms with Gasteiger partial charge in [-0.05, 0) is 53.1 Å². The van der Waals surface area contributed by atoms with Gasteiger partial charge >= 0.3 is 0 Å². The Morgan fingerprint density at radius 3 is 2.06 bits per heavy atom. The molecular formula is C29H25FN2O2. The molecule has 4 rings (SSSR count). The lowest BCUT2D eigenvalue weighted by molar-refractivity contribution is -0.120. The average molecular weight is 453 g/mol. The third-order valence-electron chi connectivity index (χ3n) is 5.44. The van der Waals surface area contributed by atoms with Crippen LogP contribution in [0.25, 0.3) is 0 Å². The zero-order chi connectivity index (χ0) is 23.8. The molecule has 0 fully saturated rings. The first-order valence-electron chi connectivity index (χ1n) is 11.1. The quantitative estimate of drug-likeness (QED) is 0.382. The number of rotatable bonds is 8. The molecule has 0 heterocycles. The summed E-state index contributed by atoms with van der Waals surface area (Å²) >= 11 is 0. The van der Waals surface area contributed by atoms with E-state index in [0.717, 1.165) is 16.7 Å². The molecule has 0 saturated heterocycles. The van der Waals surface area contributed by atoms with Crippen LogP contribution in [0.3, 0.4) is 0 Å². The predicted octanol–water partition coefficient (Wildman–Crippen LogP) is 5.53. The zero-order valence-electron chi connectivity index (χ0n) is 18.7. The molecule has 0 radical (unpaired) electrons. The maximum Gasteiger partial charge on any atom is 0.258 e. The van der Waals surface area contributed by atoms with Gasteiger partial charge in [-0.2, -0.15) is 0 Å². The van der Waals surface area contributed by atoms with Crippen molar-refractivity contribution in [2.24, 2.45) is 0 Å². The molecule has 0 aliphatic rings. The second kappa shape index (κ2) is 11.1. The van der Waals surface area contributed by atoms with Crippen molar-refractivity contribution in [1.82, 2.24) is 5.32 Å². The molecule has 4 aromatic carbocycles. The molecule has 4 nitrogen and oxygen atoms in total. The van der Waals surface area contributed by atoms with E-state index in [1.54, 1.807) is 29.2 Å². The maximum absolute atomic E-state index is 13.4. The van der Waals surface area contributed by atoms with E-state index in [0.29, 0.717) is 17.8 Å². The van der Waals surface area contributed by atoms with Gasteiger partial charge in [-0.25, -0.2) is 4.39 Å². The van der Waals surface area contributed by atoms with Crippen LogP contribution in [0, 0.1) is 5.82 Å². The van der Waals surface area contributed by atoms with E-state index in [9.17, 15) is 14.0 Å². The van der Waals surface area contributed by atoms with E-state index in [-0.39, 0.29) is 30.6 Å². The lowest BCUT2D eigenvalue weighted by atomic mass is 10.1. The molecule has 0 unspecified atom stereocenters. The van der Waals surface area contributed by atoms with Crippen molar-refractivity contribution >= 4 is 17.5 Å². The Labute approximate surface area is 198 Å². The fourth-order valence-corrected chi connectivity index (χ4v) is 3.67. The highest BCUT2D eigenvalue weighted by atomic mass is 19.1. The molecule has 0 aliphatic heterocycles. The summed E-state index contributed by atoms with van der Waals surface area (Å²) < 4.78 is 13.4. The fraction of sp³-hybridized carbons (Fsp3) is 0.103. The number of nitrogens with zero attached hydrogens (tertiary/aromatic N) is 1. The van der Waals surface area contributed by atoms with E-state index in [2.05, 4.69) is 5.32 Å². The van der Waals surface area contributed by atoms with Crippen molar-refractivity contribution < 1.29 is 14.0 Å². The fourth-order valence-electron chi connectivity index (χ4n) is 3.67. The first kappa shape index (κ1) is 22.9. The van der Waals surface area contributed by atoms with Crippen LogP contribution in [0.4, 0.5) is 10.1 Å². The van der Waals surface area contributed by atoms with Crippen LogP contribution in [0.2, 0.25) is 0 Å². The minimum Gasteiger partial charge on any atom is -0.352 e. The van der Waals surface area contributed by atoms with Crippen LogP contribution in [-0.4, -0.2) is 11.8 Å². The van der Waals surface area contributed by atoms with Crippen molar-refractivity contribution in [3.8, 4) is 0 Å². The van der Waals surface area contributed by atoms with E-state index in [1.165, 1.54) is 12.1 Å². The summed E-state index contributed by atoms with van der Waals surface area (Å²) in [7, 11) is 0. The standard InChI is InChI=1S/C29H25FN2O2/c30-26-16-14-23(15-17-26)21-32(29(34)25-11-5-2-6-12-25)27-13-7-10-24(18-27)19-28(33)31-20-22-8-3-1-4-9-22/h1-18H,19-21H2,(H,31,33). The van der Waals surface area contributed by atoms with Crippen LogP contribution in [0.5, 0.6) is 0 Å². The third kappa shape index (κ3) is 6.17. The Kier molecular flexibility index (Phi) is 7.45. The van der Waals surface area contributed by atoms with Gasteiger partial charge in [0.2, 0.25) is 5.91 Å². The second-order valence-corrected chi connectivity index (χ2v) is 7.99. The van der Waals surface area contributed by atoms with Crippen LogP contribution < -0.4 is 10.2 Å². The lowest BCUT2D eigenvalue weighted by Crippen LogP contribution is -2.30. The topological polar surface area (TPSA) is 49.4 Å². The minimum absolute atomic E-state index is 0.0968. The first-order valence-corrected chi connectivity index (χ1v) is 11.1. The summed E-state index contributed by atoms with van der Waals surface area (Å²) in [6.07, 6.45) is 0.199. The molecule has 170 valence electrons. The molecular weight excluding hydrogens is 427 g/mol. The molecule has 0 bridgehead atoms. The SMILES string of the molecule is O=C(Cc1cccc(N(Cc2ccc(F)cc2)C(=O)c2ccccc2)c1)NCc1ccccc1. The molecule has 0 aromatic heterocycles. The van der Waals surface area contributed by atoms with Crippen molar-refractivity contribution in [1.29, 1.82) is 0 Å². The second-order valence-electron chi connectivity index (χ2n) is 7.99. The molecule has 2 amide bonds. The summed E-state index contributed by atoms with van der Waals surface area (Å²) in [4.78, 5) is 27.5. The average Bonchev–Trinajstić information content (AvgIpc) is 2.88. The molecule has 0 saturated carbocycles. The van der Waals surface area contributed by atoms with E-state index < -0.39 is 0 Å². The summed E-state index contributed by atoms with van der Waals surface area (Å²) in [5, 5.41) is 2.93. The van der Waals surface area contributed by atoms with Crippen molar-refractivity contribution in [2.45, 2.75) is 19.5 Å².